The van der Waals surface area contributed by atoms with Gasteiger partial charge in [-0.15, -0.1) is 0 Å². The highest BCUT2D eigenvalue weighted by Crippen LogP contribution is 2.08. The van der Waals surface area contributed by atoms with Crippen LogP contribution >= 0.6 is 15.9 Å². The van der Waals surface area contributed by atoms with Gasteiger partial charge in [0.25, 0.3) is 0 Å². The van der Waals surface area contributed by atoms with Crippen LogP contribution in [0, 0.1) is 0 Å². The summed E-state index contributed by atoms with van der Waals surface area (Å²) in [5.41, 5.74) is 0. The van der Waals surface area contributed by atoms with Gasteiger partial charge in [-0.3, -0.25) is 0 Å². The molecular formula is C14H22BrNO. The van der Waals surface area contributed by atoms with E-state index >= 15 is 0 Å². The van der Waals surface area contributed by atoms with Crippen molar-refractivity contribution in [2.45, 2.75) is 19.3 Å². The second-order valence-corrected chi connectivity index (χ2v) is 5.01. The highest BCUT2D eigenvalue weighted by atomic mass is 79.9. The van der Waals surface area contributed by atoms with Crippen LogP contribution in [0.2, 0.25) is 0 Å². The lowest BCUT2D eigenvalue weighted by Crippen LogP contribution is -2.25. The highest BCUT2D eigenvalue weighted by molar-refractivity contribution is 9.09. The van der Waals surface area contributed by atoms with Crippen molar-refractivity contribution in [3.8, 4) is 5.75 Å². The largest absolute Gasteiger partial charge is 0.492 e. The Morgan fingerprint density at radius 1 is 1.06 bits per heavy atom. The maximum absolute atomic E-state index is 5.65. The molecule has 2 nitrogen and oxygen atoms in total. The van der Waals surface area contributed by atoms with Crippen LogP contribution in [0.5, 0.6) is 5.75 Å². The smallest absolute Gasteiger partial charge is 0.119 e. The molecule has 1 rings (SSSR count). The molecule has 1 aromatic carbocycles. The van der Waals surface area contributed by atoms with E-state index in [-0.39, 0.29) is 0 Å². The topological polar surface area (TPSA) is 12.5 Å². The van der Waals surface area contributed by atoms with Crippen LogP contribution < -0.4 is 4.74 Å². The van der Waals surface area contributed by atoms with Gasteiger partial charge < -0.3 is 9.64 Å². The Morgan fingerprint density at radius 3 is 2.53 bits per heavy atom. The third-order valence-corrected chi connectivity index (χ3v) is 3.22. The molecule has 0 aliphatic rings. The molecule has 0 aliphatic carbocycles. The molecule has 0 atom stereocenters. The van der Waals surface area contributed by atoms with Gasteiger partial charge in [0.05, 0.1) is 0 Å². The van der Waals surface area contributed by atoms with E-state index in [4.69, 9.17) is 4.74 Å². The summed E-state index contributed by atoms with van der Waals surface area (Å²) in [7, 11) is 2.16. The van der Waals surface area contributed by atoms with Crippen LogP contribution in [-0.2, 0) is 0 Å². The molecule has 0 unspecified atom stereocenters. The highest BCUT2D eigenvalue weighted by Gasteiger charge is 1.98. The Bertz CT molecular complexity index is 279. The molecule has 0 N–H and O–H groups in total. The number of alkyl halides is 1. The number of rotatable bonds is 9. The van der Waals surface area contributed by atoms with Crippen molar-refractivity contribution in [3.05, 3.63) is 30.3 Å². The number of hydrogen-bond donors (Lipinski definition) is 0. The quantitative estimate of drug-likeness (QED) is 0.511. The SMILES string of the molecule is CN(CCCCCBr)CCOc1ccccc1. The lowest BCUT2D eigenvalue weighted by molar-refractivity contribution is 0.235. The molecule has 1 aromatic rings. The van der Waals surface area contributed by atoms with Crippen molar-refractivity contribution >= 4 is 15.9 Å². The number of hydrogen-bond acceptors (Lipinski definition) is 2. The predicted octanol–water partition coefficient (Wildman–Crippen LogP) is 3.56. The van der Waals surface area contributed by atoms with Crippen molar-refractivity contribution in [2.75, 3.05) is 32.1 Å². The normalized spacial score (nSPS) is 10.8. The van der Waals surface area contributed by atoms with Gasteiger partial charge in [-0.05, 0) is 38.6 Å². The van der Waals surface area contributed by atoms with Crippen LogP contribution in [-0.4, -0.2) is 37.0 Å². The molecule has 0 fully saturated rings. The lowest BCUT2D eigenvalue weighted by atomic mass is 10.2. The van der Waals surface area contributed by atoms with E-state index in [1.54, 1.807) is 0 Å². The van der Waals surface area contributed by atoms with Gasteiger partial charge >= 0.3 is 0 Å². The number of para-hydroxylation sites is 1. The van der Waals surface area contributed by atoms with Crippen molar-refractivity contribution in [1.82, 2.24) is 4.90 Å². The zero-order valence-corrected chi connectivity index (χ0v) is 12.2. The number of benzene rings is 1. The van der Waals surface area contributed by atoms with E-state index in [0.29, 0.717) is 0 Å². The first-order valence-electron chi connectivity index (χ1n) is 6.25. The number of likely N-dealkylation sites (N-methyl/N-ethyl adjacent to an activating group) is 1. The molecule has 0 bridgehead atoms. The Kier molecular flexibility index (Phi) is 8.10. The fraction of sp³-hybridized carbons (Fsp3) is 0.571. The van der Waals surface area contributed by atoms with Gasteiger partial charge in [0.15, 0.2) is 0 Å². The fourth-order valence-corrected chi connectivity index (χ4v) is 2.00. The van der Waals surface area contributed by atoms with Gasteiger partial charge in [-0.25, -0.2) is 0 Å². The summed E-state index contributed by atoms with van der Waals surface area (Å²) in [5.74, 6) is 0.959. The molecule has 0 heterocycles. The van der Waals surface area contributed by atoms with E-state index in [1.165, 1.54) is 19.3 Å². The summed E-state index contributed by atoms with van der Waals surface area (Å²) >= 11 is 3.45. The minimum atomic E-state index is 0.763. The second-order valence-electron chi connectivity index (χ2n) is 4.21. The monoisotopic (exact) mass is 299 g/mol. The molecule has 0 saturated carbocycles. The molecule has 0 aliphatic heterocycles. The minimum Gasteiger partial charge on any atom is -0.492 e. The Hall–Kier alpha value is -0.540. The predicted molar refractivity (Wildman–Crippen MR) is 77.1 cm³/mol. The zero-order valence-electron chi connectivity index (χ0n) is 10.6. The number of ether oxygens (including phenoxy) is 1. The summed E-state index contributed by atoms with van der Waals surface area (Å²) in [6.07, 6.45) is 3.84. The Balaban J connectivity index is 2.02. The van der Waals surface area contributed by atoms with Gasteiger partial charge in [0.1, 0.15) is 12.4 Å². The standard InChI is InChI=1S/C14H22BrNO/c1-16(11-7-3-6-10-15)12-13-17-14-8-4-2-5-9-14/h2,4-5,8-9H,3,6-7,10-13H2,1H3. The first-order chi connectivity index (χ1) is 8.33. The van der Waals surface area contributed by atoms with E-state index in [9.17, 15) is 0 Å². The molecule has 0 radical (unpaired) electrons. The molecular weight excluding hydrogens is 278 g/mol. The van der Waals surface area contributed by atoms with Crippen LogP contribution in [0.15, 0.2) is 30.3 Å². The van der Waals surface area contributed by atoms with Crippen LogP contribution in [0.1, 0.15) is 19.3 Å². The fourth-order valence-electron chi connectivity index (χ4n) is 1.60. The Morgan fingerprint density at radius 2 is 1.82 bits per heavy atom. The van der Waals surface area contributed by atoms with E-state index in [2.05, 4.69) is 27.9 Å². The van der Waals surface area contributed by atoms with Crippen molar-refractivity contribution in [1.29, 1.82) is 0 Å². The first-order valence-corrected chi connectivity index (χ1v) is 7.37. The summed E-state index contributed by atoms with van der Waals surface area (Å²) in [5, 5.41) is 1.12. The number of unbranched alkanes of at least 4 members (excludes halogenated alkanes) is 2. The van der Waals surface area contributed by atoms with Gasteiger partial charge in [-0.1, -0.05) is 40.5 Å². The van der Waals surface area contributed by atoms with Crippen molar-refractivity contribution < 1.29 is 4.74 Å². The average molecular weight is 300 g/mol. The second kappa shape index (κ2) is 9.49. The maximum atomic E-state index is 5.65. The molecule has 17 heavy (non-hydrogen) atoms. The van der Waals surface area contributed by atoms with Gasteiger partial charge in [0.2, 0.25) is 0 Å². The van der Waals surface area contributed by atoms with Crippen LogP contribution in [0.3, 0.4) is 0 Å². The first kappa shape index (κ1) is 14.5. The summed E-state index contributed by atoms with van der Waals surface area (Å²) in [6.45, 7) is 2.91. The zero-order chi connectivity index (χ0) is 12.3. The molecule has 0 amide bonds. The van der Waals surface area contributed by atoms with Crippen molar-refractivity contribution in [2.24, 2.45) is 0 Å². The molecule has 0 saturated heterocycles. The Labute approximate surface area is 113 Å². The summed E-state index contributed by atoms with van der Waals surface area (Å²) < 4.78 is 5.65. The van der Waals surface area contributed by atoms with E-state index in [0.717, 1.165) is 30.8 Å². The third-order valence-electron chi connectivity index (χ3n) is 2.66. The third kappa shape index (κ3) is 7.40. The van der Waals surface area contributed by atoms with Crippen LogP contribution in [0.4, 0.5) is 0 Å². The molecule has 3 heteroatoms. The number of nitrogens with zero attached hydrogens (tertiary/aromatic N) is 1. The lowest BCUT2D eigenvalue weighted by Gasteiger charge is -2.16. The van der Waals surface area contributed by atoms with Crippen LogP contribution in [0.25, 0.3) is 0 Å². The van der Waals surface area contributed by atoms with Gasteiger partial charge in [-0.2, -0.15) is 0 Å². The molecule has 0 spiro atoms. The van der Waals surface area contributed by atoms with Gasteiger partial charge in [0, 0.05) is 11.9 Å². The minimum absolute atomic E-state index is 0.763. The van der Waals surface area contributed by atoms with E-state index in [1.807, 2.05) is 30.3 Å². The molecule has 96 valence electrons. The summed E-state index contributed by atoms with van der Waals surface area (Å²) in [6, 6.07) is 9.99. The molecule has 0 aromatic heterocycles. The summed E-state index contributed by atoms with van der Waals surface area (Å²) in [4.78, 5) is 2.33. The van der Waals surface area contributed by atoms with Crippen molar-refractivity contribution in [3.63, 3.8) is 0 Å². The maximum Gasteiger partial charge on any atom is 0.119 e. The average Bonchev–Trinajstić information content (AvgIpc) is 2.36. The number of halogens is 1. The van der Waals surface area contributed by atoms with E-state index < -0.39 is 0 Å².